The molecule has 10 heteroatoms. The SMILES string of the molecule is Cc1cc2nccc(C(=O)N3CCN(c4cnn(C(F)(F)F)c4)CC3)c2o1. The van der Waals surface area contributed by atoms with Crippen LogP contribution in [0.2, 0.25) is 0 Å². The number of nitrogens with zero attached hydrogens (tertiary/aromatic N) is 5. The van der Waals surface area contributed by atoms with Gasteiger partial charge in [0.25, 0.3) is 5.91 Å². The molecule has 3 aromatic rings. The van der Waals surface area contributed by atoms with Gasteiger partial charge in [-0.05, 0) is 13.0 Å². The molecule has 1 amide bonds. The van der Waals surface area contributed by atoms with Crippen molar-refractivity contribution in [3.63, 3.8) is 0 Å². The van der Waals surface area contributed by atoms with E-state index in [4.69, 9.17) is 4.42 Å². The third kappa shape index (κ3) is 3.22. The van der Waals surface area contributed by atoms with E-state index in [2.05, 4.69) is 10.1 Å². The first kappa shape index (κ1) is 17.4. The number of carbonyl (C=O) groups is 1. The fourth-order valence-corrected chi connectivity index (χ4v) is 3.18. The predicted molar refractivity (Wildman–Crippen MR) is 90.4 cm³/mol. The highest BCUT2D eigenvalue weighted by Crippen LogP contribution is 2.26. The molecule has 3 aromatic heterocycles. The van der Waals surface area contributed by atoms with Crippen LogP contribution in [0.3, 0.4) is 0 Å². The van der Waals surface area contributed by atoms with Gasteiger partial charge in [-0.3, -0.25) is 9.78 Å². The number of hydrogen-bond acceptors (Lipinski definition) is 5. The Morgan fingerprint density at radius 2 is 1.96 bits per heavy atom. The number of rotatable bonds is 2. The molecule has 0 N–H and O–H groups in total. The number of carbonyl (C=O) groups excluding carboxylic acids is 1. The van der Waals surface area contributed by atoms with Crippen LogP contribution in [0.1, 0.15) is 16.1 Å². The van der Waals surface area contributed by atoms with Crippen molar-refractivity contribution < 1.29 is 22.4 Å². The number of hydrogen-bond donors (Lipinski definition) is 0. The molecule has 0 saturated carbocycles. The molecule has 1 fully saturated rings. The van der Waals surface area contributed by atoms with Gasteiger partial charge in [0.05, 0.1) is 23.6 Å². The summed E-state index contributed by atoms with van der Waals surface area (Å²) < 4.78 is 43.6. The average Bonchev–Trinajstić information content (AvgIpc) is 3.26. The van der Waals surface area contributed by atoms with Crippen LogP contribution in [-0.4, -0.2) is 51.8 Å². The Balaban J connectivity index is 1.47. The van der Waals surface area contributed by atoms with Crippen LogP contribution in [0.25, 0.3) is 11.1 Å². The molecule has 0 aliphatic carbocycles. The molecule has 1 aliphatic heterocycles. The molecule has 0 spiro atoms. The first-order valence-electron chi connectivity index (χ1n) is 8.34. The van der Waals surface area contributed by atoms with E-state index in [0.29, 0.717) is 54.3 Å². The van der Waals surface area contributed by atoms with Gasteiger partial charge in [0.15, 0.2) is 5.58 Å². The second kappa shape index (κ2) is 6.29. The van der Waals surface area contributed by atoms with Gasteiger partial charge < -0.3 is 14.2 Å². The molecule has 4 rings (SSSR count). The zero-order valence-electron chi connectivity index (χ0n) is 14.4. The summed E-state index contributed by atoms with van der Waals surface area (Å²) in [4.78, 5) is 20.5. The second-order valence-electron chi connectivity index (χ2n) is 6.32. The monoisotopic (exact) mass is 379 g/mol. The average molecular weight is 379 g/mol. The lowest BCUT2D eigenvalue weighted by atomic mass is 10.2. The molecule has 0 bridgehead atoms. The molecule has 1 saturated heterocycles. The Kier molecular flexibility index (Phi) is 4.05. The normalized spacial score (nSPS) is 15.6. The van der Waals surface area contributed by atoms with E-state index in [0.717, 1.165) is 6.20 Å². The summed E-state index contributed by atoms with van der Waals surface area (Å²) >= 11 is 0. The van der Waals surface area contributed by atoms with E-state index < -0.39 is 6.30 Å². The Bertz CT molecular complexity index is 986. The van der Waals surface area contributed by atoms with Crippen molar-refractivity contribution in [2.45, 2.75) is 13.2 Å². The topological polar surface area (TPSA) is 67.4 Å². The predicted octanol–water partition coefficient (Wildman–Crippen LogP) is 2.77. The van der Waals surface area contributed by atoms with Gasteiger partial charge in [-0.15, -0.1) is 13.2 Å². The smallest absolute Gasteiger partial charge is 0.459 e. The van der Waals surface area contributed by atoms with Gasteiger partial charge in [0.1, 0.15) is 11.3 Å². The number of alkyl halides is 3. The van der Waals surface area contributed by atoms with Crippen LogP contribution in [0.5, 0.6) is 0 Å². The molecular weight excluding hydrogens is 363 g/mol. The van der Waals surface area contributed by atoms with E-state index in [1.54, 1.807) is 35.1 Å². The molecule has 0 aromatic carbocycles. The third-order valence-corrected chi connectivity index (χ3v) is 4.53. The number of aryl methyl sites for hydroxylation is 1. The molecule has 27 heavy (non-hydrogen) atoms. The number of halogens is 3. The van der Waals surface area contributed by atoms with Crippen LogP contribution < -0.4 is 4.90 Å². The first-order chi connectivity index (χ1) is 12.8. The Labute approximate surface area is 152 Å². The lowest BCUT2D eigenvalue weighted by Crippen LogP contribution is -2.48. The largest absolute Gasteiger partial charge is 0.504 e. The van der Waals surface area contributed by atoms with Crippen LogP contribution in [0, 0.1) is 6.92 Å². The van der Waals surface area contributed by atoms with E-state index in [9.17, 15) is 18.0 Å². The summed E-state index contributed by atoms with van der Waals surface area (Å²) in [7, 11) is 0. The number of anilines is 1. The molecule has 4 heterocycles. The van der Waals surface area contributed by atoms with Gasteiger partial charge in [-0.2, -0.15) is 9.78 Å². The zero-order valence-corrected chi connectivity index (χ0v) is 14.4. The third-order valence-electron chi connectivity index (χ3n) is 4.53. The quantitative estimate of drug-likeness (QED) is 0.685. The minimum Gasteiger partial charge on any atom is -0.459 e. The summed E-state index contributed by atoms with van der Waals surface area (Å²) in [5, 5.41) is 3.35. The number of fused-ring (bicyclic) bond motifs is 1. The van der Waals surface area contributed by atoms with Crippen molar-refractivity contribution in [3.8, 4) is 0 Å². The van der Waals surface area contributed by atoms with Gasteiger partial charge in [-0.25, -0.2) is 0 Å². The molecule has 0 atom stereocenters. The number of amides is 1. The fourth-order valence-electron chi connectivity index (χ4n) is 3.18. The highest BCUT2D eigenvalue weighted by molar-refractivity contribution is 6.04. The summed E-state index contributed by atoms with van der Waals surface area (Å²) in [5.41, 5.74) is 1.89. The van der Waals surface area contributed by atoms with Crippen LogP contribution in [0.15, 0.2) is 35.1 Å². The van der Waals surface area contributed by atoms with Crippen molar-refractivity contribution in [2.75, 3.05) is 31.1 Å². The van der Waals surface area contributed by atoms with Gasteiger partial charge in [-0.1, -0.05) is 0 Å². The summed E-state index contributed by atoms with van der Waals surface area (Å²) in [5.74, 6) is 0.492. The molecule has 1 aliphatic rings. The molecule has 7 nitrogen and oxygen atoms in total. The molecule has 0 unspecified atom stereocenters. The number of piperazine rings is 1. The minimum absolute atomic E-state index is 0.0210. The van der Waals surface area contributed by atoms with E-state index in [1.807, 2.05) is 0 Å². The van der Waals surface area contributed by atoms with Gasteiger partial charge in [0, 0.05) is 38.4 Å². The van der Waals surface area contributed by atoms with E-state index in [-0.39, 0.29) is 10.6 Å². The molecular formula is C17H16F3N5O2. The Morgan fingerprint density at radius 3 is 2.63 bits per heavy atom. The van der Waals surface area contributed by atoms with Gasteiger partial charge in [0.2, 0.25) is 0 Å². The van der Waals surface area contributed by atoms with Crippen molar-refractivity contribution >= 4 is 22.7 Å². The lowest BCUT2D eigenvalue weighted by molar-refractivity contribution is -0.212. The summed E-state index contributed by atoms with van der Waals surface area (Å²) in [6.45, 7) is 3.40. The highest BCUT2D eigenvalue weighted by Gasteiger charge is 2.33. The van der Waals surface area contributed by atoms with Gasteiger partial charge >= 0.3 is 6.30 Å². The standard InChI is InChI=1S/C17H16F3N5O2/c1-11-8-14-15(27-11)13(2-3-21-14)16(26)24-6-4-23(5-7-24)12-9-22-25(10-12)17(18,19)20/h2-3,8-10H,4-7H2,1H3. The van der Waals surface area contributed by atoms with Crippen molar-refractivity contribution in [1.29, 1.82) is 0 Å². The highest BCUT2D eigenvalue weighted by atomic mass is 19.4. The van der Waals surface area contributed by atoms with Crippen LogP contribution >= 0.6 is 0 Å². The fraction of sp³-hybridized carbons (Fsp3) is 0.353. The first-order valence-corrected chi connectivity index (χ1v) is 8.34. The lowest BCUT2D eigenvalue weighted by Gasteiger charge is -2.35. The number of furan rings is 1. The second-order valence-corrected chi connectivity index (χ2v) is 6.32. The number of aromatic nitrogens is 3. The van der Waals surface area contributed by atoms with Crippen molar-refractivity contribution in [2.24, 2.45) is 0 Å². The van der Waals surface area contributed by atoms with E-state index >= 15 is 0 Å². The molecule has 0 radical (unpaired) electrons. The maximum Gasteiger partial charge on any atom is 0.504 e. The van der Waals surface area contributed by atoms with E-state index in [1.165, 1.54) is 6.20 Å². The van der Waals surface area contributed by atoms with Crippen LogP contribution in [0.4, 0.5) is 18.9 Å². The molecule has 142 valence electrons. The zero-order chi connectivity index (χ0) is 19.2. The van der Waals surface area contributed by atoms with Crippen molar-refractivity contribution in [1.82, 2.24) is 19.7 Å². The number of pyridine rings is 1. The van der Waals surface area contributed by atoms with Crippen LogP contribution in [-0.2, 0) is 6.30 Å². The summed E-state index contributed by atoms with van der Waals surface area (Å²) in [6.07, 6.45) is -0.839. The maximum absolute atomic E-state index is 12.9. The minimum atomic E-state index is -4.54. The Hall–Kier alpha value is -3.04. The van der Waals surface area contributed by atoms with Crippen molar-refractivity contribution in [3.05, 3.63) is 42.0 Å². The maximum atomic E-state index is 12.9. The summed E-state index contributed by atoms with van der Waals surface area (Å²) in [6, 6.07) is 3.38. The Morgan fingerprint density at radius 1 is 1.22 bits per heavy atom.